The molecule has 11 heteroatoms. The topological polar surface area (TPSA) is 150 Å². The molecule has 196 valence electrons. The molecule has 1 aromatic heterocycles. The molecule has 0 fully saturated rings. The molecule has 4 rings (SSSR count). The van der Waals surface area contributed by atoms with Crippen molar-refractivity contribution in [1.29, 1.82) is 5.26 Å². The third-order valence-corrected chi connectivity index (χ3v) is 8.62. The van der Waals surface area contributed by atoms with Gasteiger partial charge in [0, 0.05) is 0 Å². The monoisotopic (exact) mass is 551 g/mol. The Kier molecular flexibility index (Phi) is 8.51. The van der Waals surface area contributed by atoms with Crippen LogP contribution in [-0.4, -0.2) is 35.3 Å². The molecule has 1 amide bonds. The van der Waals surface area contributed by atoms with Gasteiger partial charge in [-0.05, 0) is 58.7 Å². The molecular formula is C27H25N3O6S2. The van der Waals surface area contributed by atoms with Crippen LogP contribution in [0, 0.1) is 11.3 Å². The fourth-order valence-electron chi connectivity index (χ4n) is 3.77. The summed E-state index contributed by atoms with van der Waals surface area (Å²) in [4.78, 5) is 18.0. The Morgan fingerprint density at radius 3 is 2.34 bits per heavy atom. The van der Waals surface area contributed by atoms with Crippen molar-refractivity contribution in [2.24, 2.45) is 0 Å². The Balaban J connectivity index is 1.61. The molecule has 0 aliphatic heterocycles. The number of fused-ring (bicyclic) bond motifs is 1. The van der Waals surface area contributed by atoms with Crippen LogP contribution >= 0.6 is 11.3 Å². The summed E-state index contributed by atoms with van der Waals surface area (Å²) >= 11 is 1.21. The number of amides is 1. The lowest BCUT2D eigenvalue weighted by molar-refractivity contribution is -0.128. The molecule has 1 atom stereocenters. The number of aromatic nitrogens is 1. The standard InChI is InChI=1S/C27H25N3O6S2/c1-2-38(34,35)22-9-7-19(8-10-22)25(36-16-18-5-3-17(13-28)4-6-18)26(33)30-27-29-23-11-20(14-31)21(15-32)12-24(23)37-27/h3-12,25,31-32H,2,14-16H2,1H3,(H,29,30,33). The number of thiazole rings is 1. The Bertz CT molecular complexity index is 1550. The number of nitriles is 1. The first-order valence-corrected chi connectivity index (χ1v) is 14.1. The van der Waals surface area contributed by atoms with Crippen LogP contribution in [0.4, 0.5) is 5.13 Å². The third-order valence-electron chi connectivity index (χ3n) is 5.94. The smallest absolute Gasteiger partial charge is 0.259 e. The van der Waals surface area contributed by atoms with Gasteiger partial charge in [0.25, 0.3) is 5.91 Å². The van der Waals surface area contributed by atoms with E-state index >= 15 is 0 Å². The highest BCUT2D eigenvalue weighted by Crippen LogP contribution is 2.31. The highest BCUT2D eigenvalue weighted by molar-refractivity contribution is 7.91. The number of nitrogens with zero attached hydrogens (tertiary/aromatic N) is 2. The Morgan fingerprint density at radius 2 is 1.74 bits per heavy atom. The molecule has 0 saturated carbocycles. The van der Waals surface area contributed by atoms with Gasteiger partial charge in [-0.1, -0.05) is 42.5 Å². The van der Waals surface area contributed by atoms with Crippen LogP contribution in [0.3, 0.4) is 0 Å². The normalized spacial score (nSPS) is 12.3. The summed E-state index contributed by atoms with van der Waals surface area (Å²) in [5, 5.41) is 31.2. The quantitative estimate of drug-likeness (QED) is 0.269. The second kappa shape index (κ2) is 11.8. The zero-order valence-corrected chi connectivity index (χ0v) is 22.1. The maximum atomic E-state index is 13.4. The zero-order chi connectivity index (χ0) is 27.3. The van der Waals surface area contributed by atoms with Crippen molar-refractivity contribution in [3.63, 3.8) is 0 Å². The van der Waals surface area contributed by atoms with Crippen molar-refractivity contribution in [3.05, 3.63) is 88.5 Å². The number of carbonyl (C=O) groups is 1. The minimum atomic E-state index is -3.41. The van der Waals surface area contributed by atoms with Gasteiger partial charge in [0.05, 0.1) is 52.3 Å². The minimum Gasteiger partial charge on any atom is -0.392 e. The maximum Gasteiger partial charge on any atom is 0.259 e. The second-order valence-corrected chi connectivity index (χ2v) is 11.7. The van der Waals surface area contributed by atoms with Gasteiger partial charge in [0.2, 0.25) is 0 Å². The number of ether oxygens (including phenoxy) is 1. The van der Waals surface area contributed by atoms with Gasteiger partial charge in [-0.2, -0.15) is 5.26 Å². The number of rotatable bonds is 10. The van der Waals surface area contributed by atoms with Gasteiger partial charge in [0.1, 0.15) is 0 Å². The number of hydrogen-bond acceptors (Lipinski definition) is 9. The zero-order valence-electron chi connectivity index (χ0n) is 20.4. The summed E-state index contributed by atoms with van der Waals surface area (Å²) in [6.07, 6.45) is -1.09. The van der Waals surface area contributed by atoms with E-state index in [9.17, 15) is 23.4 Å². The van der Waals surface area contributed by atoms with Crippen LogP contribution in [0.25, 0.3) is 10.2 Å². The van der Waals surface area contributed by atoms with Crippen molar-refractivity contribution in [2.75, 3.05) is 11.1 Å². The molecule has 0 saturated heterocycles. The number of aliphatic hydroxyl groups is 2. The van der Waals surface area contributed by atoms with Crippen LogP contribution in [0.15, 0.2) is 65.6 Å². The summed E-state index contributed by atoms with van der Waals surface area (Å²) in [6.45, 7) is 1.14. The number of hydrogen-bond donors (Lipinski definition) is 3. The van der Waals surface area contributed by atoms with Gasteiger partial charge < -0.3 is 14.9 Å². The van der Waals surface area contributed by atoms with Crippen molar-refractivity contribution < 1.29 is 28.2 Å². The predicted octanol–water partition coefficient (Wildman–Crippen LogP) is 3.84. The molecule has 1 unspecified atom stereocenters. The fraction of sp³-hybridized carbons (Fsp3) is 0.222. The Morgan fingerprint density at radius 1 is 1.08 bits per heavy atom. The highest BCUT2D eigenvalue weighted by Gasteiger charge is 2.24. The van der Waals surface area contributed by atoms with E-state index in [-0.39, 0.29) is 30.5 Å². The second-order valence-electron chi connectivity index (χ2n) is 8.39. The molecule has 38 heavy (non-hydrogen) atoms. The van der Waals surface area contributed by atoms with Crippen LogP contribution in [0.2, 0.25) is 0 Å². The summed E-state index contributed by atoms with van der Waals surface area (Å²) in [6, 6.07) is 18.2. The van der Waals surface area contributed by atoms with E-state index in [4.69, 9.17) is 10.00 Å². The molecular weight excluding hydrogens is 526 g/mol. The van der Waals surface area contributed by atoms with Gasteiger partial charge in [0.15, 0.2) is 21.1 Å². The van der Waals surface area contributed by atoms with Gasteiger partial charge in [-0.25, -0.2) is 13.4 Å². The lowest BCUT2D eigenvalue weighted by atomic mass is 10.1. The average molecular weight is 552 g/mol. The molecule has 0 aliphatic rings. The predicted molar refractivity (Wildman–Crippen MR) is 143 cm³/mol. The van der Waals surface area contributed by atoms with E-state index in [1.54, 1.807) is 55.5 Å². The molecule has 4 aromatic rings. The average Bonchev–Trinajstić information content (AvgIpc) is 3.33. The SMILES string of the molecule is CCS(=O)(=O)c1ccc(C(OCc2ccc(C#N)cc2)C(=O)Nc2nc3cc(CO)c(CO)cc3s2)cc1. The van der Waals surface area contributed by atoms with Crippen molar-refractivity contribution >= 4 is 42.4 Å². The Labute approximate surface area is 223 Å². The number of anilines is 1. The van der Waals surface area contributed by atoms with E-state index in [0.29, 0.717) is 32.9 Å². The van der Waals surface area contributed by atoms with Gasteiger partial charge in [-0.3, -0.25) is 10.1 Å². The van der Waals surface area contributed by atoms with E-state index in [2.05, 4.69) is 16.4 Å². The van der Waals surface area contributed by atoms with E-state index < -0.39 is 21.8 Å². The third kappa shape index (κ3) is 6.07. The van der Waals surface area contributed by atoms with Crippen LogP contribution < -0.4 is 5.32 Å². The molecule has 0 radical (unpaired) electrons. The Hall–Kier alpha value is -3.66. The highest BCUT2D eigenvalue weighted by atomic mass is 32.2. The van der Waals surface area contributed by atoms with E-state index in [1.165, 1.54) is 23.5 Å². The van der Waals surface area contributed by atoms with Gasteiger partial charge >= 0.3 is 0 Å². The van der Waals surface area contributed by atoms with Gasteiger partial charge in [-0.15, -0.1) is 0 Å². The van der Waals surface area contributed by atoms with E-state index in [1.807, 2.05) is 0 Å². The molecule has 0 bridgehead atoms. The molecule has 3 N–H and O–H groups in total. The molecule has 0 aliphatic carbocycles. The van der Waals surface area contributed by atoms with Crippen LogP contribution in [0.1, 0.15) is 40.8 Å². The van der Waals surface area contributed by atoms with Crippen LogP contribution in [0.5, 0.6) is 0 Å². The molecule has 0 spiro atoms. The number of carbonyl (C=O) groups excluding carboxylic acids is 1. The van der Waals surface area contributed by atoms with Crippen LogP contribution in [-0.2, 0) is 39.2 Å². The first kappa shape index (κ1) is 27.4. The lowest BCUT2D eigenvalue weighted by Crippen LogP contribution is -2.23. The molecule has 9 nitrogen and oxygen atoms in total. The summed E-state index contributed by atoms with van der Waals surface area (Å²) < 4.78 is 31.2. The summed E-state index contributed by atoms with van der Waals surface area (Å²) in [7, 11) is -3.41. The number of nitrogens with one attached hydrogen (secondary N) is 1. The fourth-order valence-corrected chi connectivity index (χ4v) is 5.57. The van der Waals surface area contributed by atoms with E-state index in [0.717, 1.165) is 10.3 Å². The summed E-state index contributed by atoms with van der Waals surface area (Å²) in [5.41, 5.74) is 3.40. The number of aliphatic hydroxyl groups excluding tert-OH is 2. The lowest BCUT2D eigenvalue weighted by Gasteiger charge is -2.18. The summed E-state index contributed by atoms with van der Waals surface area (Å²) in [5.74, 6) is -0.549. The minimum absolute atomic E-state index is 0.0426. The number of benzene rings is 3. The molecule has 1 heterocycles. The van der Waals surface area contributed by atoms with Crippen molar-refractivity contribution in [2.45, 2.75) is 37.7 Å². The van der Waals surface area contributed by atoms with Crippen molar-refractivity contribution in [3.8, 4) is 6.07 Å². The molecule has 3 aromatic carbocycles. The largest absolute Gasteiger partial charge is 0.392 e. The first-order valence-electron chi connectivity index (χ1n) is 11.7. The number of sulfone groups is 1. The maximum absolute atomic E-state index is 13.4. The first-order chi connectivity index (χ1) is 18.3. The van der Waals surface area contributed by atoms with Crippen molar-refractivity contribution in [1.82, 2.24) is 4.98 Å².